The van der Waals surface area contributed by atoms with E-state index in [2.05, 4.69) is 60.5 Å². The number of rotatable bonds is 4. The van der Waals surface area contributed by atoms with Gasteiger partial charge in [-0.15, -0.1) is 0 Å². The molecule has 0 bridgehead atoms. The number of anilines is 1. The lowest BCUT2D eigenvalue weighted by molar-refractivity contribution is 0.261. The lowest BCUT2D eigenvalue weighted by Crippen LogP contribution is -2.39. The summed E-state index contributed by atoms with van der Waals surface area (Å²) in [5, 5.41) is 3.64. The van der Waals surface area contributed by atoms with Crippen molar-refractivity contribution >= 4 is 5.69 Å². The zero-order valence-corrected chi connectivity index (χ0v) is 11.8. The van der Waals surface area contributed by atoms with Crippen LogP contribution >= 0.6 is 0 Å². The van der Waals surface area contributed by atoms with E-state index in [1.165, 1.54) is 30.6 Å². The van der Waals surface area contributed by atoms with E-state index < -0.39 is 0 Å². The van der Waals surface area contributed by atoms with E-state index in [9.17, 15) is 0 Å². The third-order valence-electron chi connectivity index (χ3n) is 3.45. The first-order chi connectivity index (χ1) is 8.63. The Morgan fingerprint density at radius 3 is 2.61 bits per heavy atom. The molecule has 0 aromatic heterocycles. The minimum absolute atomic E-state index is 0.600. The fourth-order valence-corrected chi connectivity index (χ4v) is 2.59. The zero-order valence-electron chi connectivity index (χ0n) is 11.8. The smallest absolute Gasteiger partial charge is 0.0388 e. The second kappa shape index (κ2) is 6.21. The fraction of sp³-hybridized carbons (Fsp3) is 0.600. The maximum atomic E-state index is 3.64. The van der Waals surface area contributed by atoms with E-state index in [0.29, 0.717) is 6.04 Å². The molecule has 2 rings (SSSR count). The van der Waals surface area contributed by atoms with Crippen molar-refractivity contribution in [3.05, 3.63) is 29.8 Å². The van der Waals surface area contributed by atoms with E-state index in [1.54, 1.807) is 0 Å². The van der Waals surface area contributed by atoms with Gasteiger partial charge in [-0.05, 0) is 58.2 Å². The van der Waals surface area contributed by atoms with Gasteiger partial charge in [-0.3, -0.25) is 0 Å². The predicted octanol–water partition coefficient (Wildman–Crippen LogP) is 2.25. The second-order valence-electron chi connectivity index (χ2n) is 5.68. The van der Waals surface area contributed by atoms with Crippen LogP contribution in [0.25, 0.3) is 0 Å². The summed E-state index contributed by atoms with van der Waals surface area (Å²) in [5.41, 5.74) is 2.61. The molecule has 0 saturated carbocycles. The summed E-state index contributed by atoms with van der Waals surface area (Å²) in [5.74, 6) is 0. The fourth-order valence-electron chi connectivity index (χ4n) is 2.59. The van der Waals surface area contributed by atoms with Gasteiger partial charge in [0.15, 0.2) is 0 Å². The molecule has 0 aliphatic carbocycles. The van der Waals surface area contributed by atoms with Crippen molar-refractivity contribution in [2.45, 2.75) is 25.4 Å². The average molecular weight is 247 g/mol. The van der Waals surface area contributed by atoms with Gasteiger partial charge < -0.3 is 15.1 Å². The Hall–Kier alpha value is -1.06. The first-order valence-corrected chi connectivity index (χ1v) is 6.82. The maximum Gasteiger partial charge on any atom is 0.0388 e. The van der Waals surface area contributed by atoms with Gasteiger partial charge >= 0.3 is 0 Å². The van der Waals surface area contributed by atoms with Crippen molar-refractivity contribution in [2.24, 2.45) is 0 Å². The van der Waals surface area contributed by atoms with Crippen LogP contribution in [0.5, 0.6) is 0 Å². The lowest BCUT2D eigenvalue weighted by atomic mass is 10.1. The van der Waals surface area contributed by atoms with Crippen LogP contribution in [0.3, 0.4) is 0 Å². The SMILES string of the molecule is CN(C)Cc1ccc(NC2CCCN(C)C2)cc1. The van der Waals surface area contributed by atoms with Crippen molar-refractivity contribution in [1.82, 2.24) is 9.80 Å². The zero-order chi connectivity index (χ0) is 13.0. The molecule has 1 fully saturated rings. The number of likely N-dealkylation sites (N-methyl/N-ethyl adjacent to an activating group) is 1. The summed E-state index contributed by atoms with van der Waals surface area (Å²) in [6.07, 6.45) is 2.58. The van der Waals surface area contributed by atoms with Crippen molar-refractivity contribution in [2.75, 3.05) is 39.5 Å². The first kappa shape index (κ1) is 13.4. The third kappa shape index (κ3) is 4.00. The molecule has 0 amide bonds. The summed E-state index contributed by atoms with van der Waals surface area (Å²) in [7, 11) is 6.40. The molecule has 3 nitrogen and oxygen atoms in total. The molecule has 1 aromatic rings. The molecule has 1 saturated heterocycles. The summed E-state index contributed by atoms with van der Waals surface area (Å²) in [4.78, 5) is 4.60. The quantitative estimate of drug-likeness (QED) is 0.880. The van der Waals surface area contributed by atoms with Crippen LogP contribution in [0.2, 0.25) is 0 Å². The van der Waals surface area contributed by atoms with Crippen molar-refractivity contribution in [1.29, 1.82) is 0 Å². The molecule has 100 valence electrons. The van der Waals surface area contributed by atoms with Crippen molar-refractivity contribution < 1.29 is 0 Å². The number of benzene rings is 1. The summed E-state index contributed by atoms with van der Waals surface area (Å²) in [6.45, 7) is 3.39. The van der Waals surface area contributed by atoms with Gasteiger partial charge in [0, 0.05) is 24.8 Å². The van der Waals surface area contributed by atoms with Crippen LogP contribution in [0.15, 0.2) is 24.3 Å². The Balaban J connectivity index is 1.89. The molecule has 1 atom stereocenters. The topological polar surface area (TPSA) is 18.5 Å². The van der Waals surface area contributed by atoms with Gasteiger partial charge in [-0.2, -0.15) is 0 Å². The van der Waals surface area contributed by atoms with Crippen LogP contribution in [-0.2, 0) is 6.54 Å². The largest absolute Gasteiger partial charge is 0.381 e. The van der Waals surface area contributed by atoms with Gasteiger partial charge in [-0.1, -0.05) is 12.1 Å². The van der Waals surface area contributed by atoms with Crippen molar-refractivity contribution in [3.63, 3.8) is 0 Å². The third-order valence-corrected chi connectivity index (χ3v) is 3.45. The van der Waals surface area contributed by atoms with Crippen LogP contribution in [0.1, 0.15) is 18.4 Å². The highest BCUT2D eigenvalue weighted by Crippen LogP contribution is 2.16. The lowest BCUT2D eigenvalue weighted by Gasteiger charge is -2.30. The van der Waals surface area contributed by atoms with Crippen LogP contribution in [0.4, 0.5) is 5.69 Å². The van der Waals surface area contributed by atoms with Crippen molar-refractivity contribution in [3.8, 4) is 0 Å². The number of nitrogens with zero attached hydrogens (tertiary/aromatic N) is 2. The van der Waals surface area contributed by atoms with Gasteiger partial charge in [0.2, 0.25) is 0 Å². The molecular weight excluding hydrogens is 222 g/mol. The van der Waals surface area contributed by atoms with E-state index in [4.69, 9.17) is 0 Å². The Bertz CT molecular complexity index is 359. The average Bonchev–Trinajstić information content (AvgIpc) is 2.31. The number of hydrogen-bond acceptors (Lipinski definition) is 3. The van der Waals surface area contributed by atoms with Crippen LogP contribution < -0.4 is 5.32 Å². The first-order valence-electron chi connectivity index (χ1n) is 6.82. The molecule has 1 heterocycles. The highest BCUT2D eigenvalue weighted by Gasteiger charge is 2.16. The highest BCUT2D eigenvalue weighted by molar-refractivity contribution is 5.45. The number of piperidine rings is 1. The van der Waals surface area contributed by atoms with E-state index in [-0.39, 0.29) is 0 Å². The van der Waals surface area contributed by atoms with Gasteiger partial charge in [0.1, 0.15) is 0 Å². The van der Waals surface area contributed by atoms with Gasteiger partial charge in [0.05, 0.1) is 0 Å². The Labute approximate surface area is 111 Å². The van der Waals surface area contributed by atoms with Gasteiger partial charge in [-0.25, -0.2) is 0 Å². The Morgan fingerprint density at radius 1 is 1.28 bits per heavy atom. The van der Waals surface area contributed by atoms with E-state index in [0.717, 1.165) is 13.1 Å². The Morgan fingerprint density at radius 2 is 2.00 bits per heavy atom. The summed E-state index contributed by atoms with van der Waals surface area (Å²) >= 11 is 0. The Kier molecular flexibility index (Phi) is 4.61. The summed E-state index contributed by atoms with van der Waals surface area (Å²) in [6, 6.07) is 9.44. The molecular formula is C15H25N3. The molecule has 1 aliphatic heterocycles. The number of nitrogens with one attached hydrogen (secondary N) is 1. The molecule has 0 radical (unpaired) electrons. The molecule has 1 aromatic carbocycles. The van der Waals surface area contributed by atoms with Gasteiger partial charge in [0.25, 0.3) is 0 Å². The molecule has 18 heavy (non-hydrogen) atoms. The molecule has 1 unspecified atom stereocenters. The standard InChI is InChI=1S/C15H25N3/c1-17(2)11-13-6-8-14(9-7-13)16-15-5-4-10-18(3)12-15/h6-9,15-16H,4-5,10-12H2,1-3H3. The number of hydrogen-bond donors (Lipinski definition) is 1. The summed E-state index contributed by atoms with van der Waals surface area (Å²) < 4.78 is 0. The minimum Gasteiger partial charge on any atom is -0.381 e. The van der Waals surface area contributed by atoms with Crippen LogP contribution in [-0.4, -0.2) is 50.1 Å². The molecule has 1 N–H and O–H groups in total. The normalized spacial score (nSPS) is 21.2. The van der Waals surface area contributed by atoms with E-state index >= 15 is 0 Å². The van der Waals surface area contributed by atoms with Crippen LogP contribution in [0, 0.1) is 0 Å². The van der Waals surface area contributed by atoms with E-state index in [1.807, 2.05) is 0 Å². The molecule has 0 spiro atoms. The molecule has 3 heteroatoms. The monoisotopic (exact) mass is 247 g/mol. The predicted molar refractivity (Wildman–Crippen MR) is 78.0 cm³/mol. The number of likely N-dealkylation sites (tertiary alicyclic amines) is 1. The molecule has 1 aliphatic rings. The second-order valence-corrected chi connectivity index (χ2v) is 5.68. The maximum absolute atomic E-state index is 3.64. The minimum atomic E-state index is 0.600. The highest BCUT2D eigenvalue weighted by atomic mass is 15.1.